The van der Waals surface area contributed by atoms with Gasteiger partial charge in [-0.1, -0.05) is 19.8 Å². The van der Waals surface area contributed by atoms with Gasteiger partial charge in [0.15, 0.2) is 5.65 Å². The minimum atomic E-state index is -0.564. The van der Waals surface area contributed by atoms with E-state index in [0.29, 0.717) is 23.5 Å². The molecule has 0 radical (unpaired) electrons. The number of rotatable bonds is 5. The van der Waals surface area contributed by atoms with Gasteiger partial charge in [-0.3, -0.25) is 9.59 Å². The van der Waals surface area contributed by atoms with Crippen LogP contribution in [0.5, 0.6) is 0 Å². The molecule has 1 aromatic carbocycles. The maximum absolute atomic E-state index is 14.9. The second-order valence-electron chi connectivity index (χ2n) is 8.56. The SMILES string of the molecule is CCc1cc(C(=O)N2CCCCCC2C)nc2cc(-c3ccc(NC(=O)CC#N)cc3F)nn12. The molecule has 2 aromatic heterocycles. The molecule has 0 spiro atoms. The van der Waals surface area contributed by atoms with Crippen molar-refractivity contribution in [1.82, 2.24) is 19.5 Å². The van der Waals surface area contributed by atoms with Gasteiger partial charge in [0.05, 0.1) is 11.8 Å². The van der Waals surface area contributed by atoms with Crippen molar-refractivity contribution in [1.29, 1.82) is 5.26 Å². The average Bonchev–Trinajstić information content (AvgIpc) is 3.12. The number of nitriles is 1. The van der Waals surface area contributed by atoms with Gasteiger partial charge in [0, 0.05) is 35.6 Å². The molecule has 1 aliphatic heterocycles. The Kier molecular flexibility index (Phi) is 6.87. The number of hydrogen-bond acceptors (Lipinski definition) is 5. The number of aryl methyl sites for hydroxylation is 1. The van der Waals surface area contributed by atoms with Gasteiger partial charge in [-0.25, -0.2) is 13.9 Å². The summed E-state index contributed by atoms with van der Waals surface area (Å²) in [4.78, 5) is 31.4. The van der Waals surface area contributed by atoms with E-state index in [1.54, 1.807) is 28.8 Å². The Labute approximate surface area is 197 Å². The summed E-state index contributed by atoms with van der Waals surface area (Å²) in [6.07, 6.45) is 4.54. The molecule has 1 unspecified atom stereocenters. The van der Waals surface area contributed by atoms with Crippen molar-refractivity contribution in [2.45, 2.75) is 58.4 Å². The zero-order valence-corrected chi connectivity index (χ0v) is 19.3. The molecule has 0 aliphatic carbocycles. The number of fused-ring (bicyclic) bond motifs is 1. The van der Waals surface area contributed by atoms with E-state index in [4.69, 9.17) is 5.26 Å². The summed E-state index contributed by atoms with van der Waals surface area (Å²) in [6, 6.07) is 9.62. The summed E-state index contributed by atoms with van der Waals surface area (Å²) in [5.74, 6) is -1.15. The summed E-state index contributed by atoms with van der Waals surface area (Å²) >= 11 is 0. The molecule has 3 heterocycles. The molecule has 1 aliphatic rings. The normalized spacial score (nSPS) is 16.2. The third kappa shape index (κ3) is 4.76. The topological polar surface area (TPSA) is 103 Å². The van der Waals surface area contributed by atoms with E-state index in [9.17, 15) is 14.0 Å². The molecule has 0 saturated carbocycles. The molecule has 34 heavy (non-hydrogen) atoms. The lowest BCUT2D eigenvalue weighted by Crippen LogP contribution is -2.38. The fourth-order valence-electron chi connectivity index (χ4n) is 4.33. The lowest BCUT2D eigenvalue weighted by Gasteiger charge is -2.27. The first kappa shape index (κ1) is 23.4. The molecular weight excluding hydrogens is 435 g/mol. The molecule has 4 rings (SSSR count). The van der Waals surface area contributed by atoms with Crippen LogP contribution in [0.2, 0.25) is 0 Å². The second-order valence-corrected chi connectivity index (χ2v) is 8.56. The quantitative estimate of drug-likeness (QED) is 0.607. The van der Waals surface area contributed by atoms with Gasteiger partial charge in [-0.2, -0.15) is 10.4 Å². The van der Waals surface area contributed by atoms with Crippen LogP contribution in [0.15, 0.2) is 30.3 Å². The Bertz CT molecular complexity index is 1280. The zero-order chi connectivity index (χ0) is 24.2. The van der Waals surface area contributed by atoms with Crippen molar-refractivity contribution in [3.63, 3.8) is 0 Å². The van der Waals surface area contributed by atoms with Gasteiger partial charge in [0.2, 0.25) is 5.91 Å². The molecule has 1 atom stereocenters. The number of halogens is 1. The van der Waals surface area contributed by atoms with Gasteiger partial charge in [0.1, 0.15) is 17.9 Å². The van der Waals surface area contributed by atoms with Crippen molar-refractivity contribution in [3.8, 4) is 17.3 Å². The monoisotopic (exact) mass is 462 g/mol. The predicted molar refractivity (Wildman–Crippen MR) is 126 cm³/mol. The van der Waals surface area contributed by atoms with E-state index >= 15 is 0 Å². The largest absolute Gasteiger partial charge is 0.335 e. The molecule has 8 nitrogen and oxygen atoms in total. The highest BCUT2D eigenvalue weighted by Gasteiger charge is 2.25. The number of nitrogens with zero attached hydrogens (tertiary/aromatic N) is 5. The maximum atomic E-state index is 14.9. The number of likely N-dealkylation sites (tertiary alicyclic amines) is 1. The fraction of sp³-hybridized carbons (Fsp3) is 0.400. The highest BCUT2D eigenvalue weighted by atomic mass is 19.1. The number of nitrogens with one attached hydrogen (secondary N) is 1. The lowest BCUT2D eigenvalue weighted by atomic mass is 10.1. The molecule has 1 N–H and O–H groups in total. The number of amides is 2. The Hall–Kier alpha value is -3.80. The number of carbonyl (C=O) groups is 2. The predicted octanol–water partition coefficient (Wildman–Crippen LogP) is 4.35. The summed E-state index contributed by atoms with van der Waals surface area (Å²) in [7, 11) is 0. The third-order valence-corrected chi connectivity index (χ3v) is 6.16. The van der Waals surface area contributed by atoms with E-state index in [2.05, 4.69) is 22.3 Å². The fourth-order valence-corrected chi connectivity index (χ4v) is 4.33. The lowest BCUT2D eigenvalue weighted by molar-refractivity contribution is -0.115. The number of anilines is 1. The number of benzene rings is 1. The van der Waals surface area contributed by atoms with E-state index in [1.807, 2.05) is 11.8 Å². The molecule has 9 heteroatoms. The van der Waals surface area contributed by atoms with Crippen LogP contribution >= 0.6 is 0 Å². The first-order valence-corrected chi connectivity index (χ1v) is 11.6. The van der Waals surface area contributed by atoms with Gasteiger partial charge in [-0.15, -0.1) is 0 Å². The minimum absolute atomic E-state index is 0.0852. The maximum Gasteiger partial charge on any atom is 0.272 e. The van der Waals surface area contributed by atoms with Crippen molar-refractivity contribution in [2.24, 2.45) is 0 Å². The van der Waals surface area contributed by atoms with Crippen molar-refractivity contribution >= 4 is 23.1 Å². The Balaban J connectivity index is 1.67. The molecule has 3 aromatic rings. The molecule has 1 fully saturated rings. The summed E-state index contributed by atoms with van der Waals surface area (Å²) in [5.41, 5.74) is 2.55. The second kappa shape index (κ2) is 10.00. The Morgan fingerprint density at radius 2 is 2.06 bits per heavy atom. The standard InChI is InChI=1S/C25H27FN6O2/c1-3-18-14-22(25(34)31-12-6-4-5-7-16(31)2)29-23-15-21(30-32(18)23)19-9-8-17(13-20(19)26)28-24(33)10-11-27/h8-9,13-16H,3-7,10,12H2,1-2H3,(H,28,33). The Morgan fingerprint density at radius 1 is 1.24 bits per heavy atom. The van der Waals surface area contributed by atoms with Crippen LogP contribution in [0.4, 0.5) is 10.1 Å². The first-order chi connectivity index (χ1) is 16.4. The highest BCUT2D eigenvalue weighted by molar-refractivity contribution is 5.93. The number of aromatic nitrogens is 3. The highest BCUT2D eigenvalue weighted by Crippen LogP contribution is 2.26. The zero-order valence-electron chi connectivity index (χ0n) is 19.3. The van der Waals surface area contributed by atoms with Crippen LogP contribution < -0.4 is 5.32 Å². The minimum Gasteiger partial charge on any atom is -0.335 e. The Morgan fingerprint density at radius 3 is 2.79 bits per heavy atom. The smallest absolute Gasteiger partial charge is 0.272 e. The van der Waals surface area contributed by atoms with Crippen LogP contribution in [-0.4, -0.2) is 43.9 Å². The molecular formula is C25H27FN6O2. The van der Waals surface area contributed by atoms with Gasteiger partial charge >= 0.3 is 0 Å². The van der Waals surface area contributed by atoms with E-state index in [0.717, 1.165) is 37.9 Å². The first-order valence-electron chi connectivity index (χ1n) is 11.6. The summed E-state index contributed by atoms with van der Waals surface area (Å²) in [6.45, 7) is 4.77. The van der Waals surface area contributed by atoms with Gasteiger partial charge in [-0.05, 0) is 50.5 Å². The van der Waals surface area contributed by atoms with Crippen molar-refractivity contribution in [3.05, 3.63) is 47.5 Å². The van der Waals surface area contributed by atoms with E-state index in [1.165, 1.54) is 12.1 Å². The van der Waals surface area contributed by atoms with Crippen LogP contribution in [0, 0.1) is 17.1 Å². The number of carbonyl (C=O) groups excluding carboxylic acids is 2. The van der Waals surface area contributed by atoms with Gasteiger partial charge in [0.25, 0.3) is 5.91 Å². The molecule has 1 saturated heterocycles. The summed E-state index contributed by atoms with van der Waals surface area (Å²) in [5, 5.41) is 15.6. The molecule has 2 amide bonds. The summed E-state index contributed by atoms with van der Waals surface area (Å²) < 4.78 is 16.5. The third-order valence-electron chi connectivity index (χ3n) is 6.16. The van der Waals surface area contributed by atoms with Crippen molar-refractivity contribution < 1.29 is 14.0 Å². The molecule has 176 valence electrons. The van der Waals surface area contributed by atoms with E-state index < -0.39 is 11.7 Å². The van der Waals surface area contributed by atoms with Crippen LogP contribution in [-0.2, 0) is 11.2 Å². The van der Waals surface area contributed by atoms with E-state index in [-0.39, 0.29) is 29.6 Å². The number of hydrogen-bond donors (Lipinski definition) is 1. The average molecular weight is 463 g/mol. The van der Waals surface area contributed by atoms with Crippen molar-refractivity contribution in [2.75, 3.05) is 11.9 Å². The van der Waals surface area contributed by atoms with Crippen LogP contribution in [0.3, 0.4) is 0 Å². The van der Waals surface area contributed by atoms with Crippen LogP contribution in [0.1, 0.15) is 62.1 Å². The van der Waals surface area contributed by atoms with Gasteiger partial charge < -0.3 is 10.2 Å². The van der Waals surface area contributed by atoms with Crippen LogP contribution in [0.25, 0.3) is 16.9 Å². The molecule has 0 bridgehead atoms.